The first-order valence-corrected chi connectivity index (χ1v) is 28.9. The summed E-state index contributed by atoms with van der Waals surface area (Å²) >= 11 is 5.32. The second kappa shape index (κ2) is 47.8. The normalized spacial score (nSPS) is 10.5. The van der Waals surface area contributed by atoms with E-state index in [0.717, 1.165) is 25.8 Å². The molecule has 93 heavy (non-hydrogen) atoms. The number of imide groups is 3. The van der Waals surface area contributed by atoms with Gasteiger partial charge in [0.1, 0.15) is 46.8 Å². The number of rotatable bonds is 15. The van der Waals surface area contributed by atoms with Gasteiger partial charge in [-0.3, -0.25) is 4.79 Å². The molecule has 0 saturated carbocycles. The standard InChI is InChI=1S/C21H32N2O6.C14H25ClN2O5.C13H26N2O4.C11H16N2O2.C2HBO2.CH4.H2P.HP/c1-20(2,3)28-18(25)23(19(26)29-21(4,5)6)14-13-22(7)17(24)27-15-16-11-9-8-10-12-16;1-13(2,3)21-11(19)17(9-8-16(7)10(15)18)12(20)22-14(4,5)6;1-12(2,3)18-10(16)15(9-8-14-7)11(17)19-13(4,5)6;1-13(8-7-12)11(14)15-9-10-5-3-2-4-6-10;4-2-1-3-5;;;/h8-12H,13-15H2,1-7H3;8-9H2,1-7H3;14H,8-9H2,1-7H3;2-6H,7-9,12H2,1H3;4H;1H4;1H2;1H/q;;;;;;-1;-2. The molecule has 0 fully saturated rings. The van der Waals surface area contributed by atoms with E-state index in [1.165, 1.54) is 34.9 Å². The summed E-state index contributed by atoms with van der Waals surface area (Å²) in [6.07, 6.45) is -4.25. The number of nitrogens with one attached hydrogen (secondary N) is 1. The van der Waals surface area contributed by atoms with Gasteiger partial charge in [0.25, 0.3) is 0 Å². The Kier molecular flexibility index (Phi) is 49.9. The minimum Gasteiger partial charge on any atom is -1.51 e. The van der Waals surface area contributed by atoms with Crippen molar-refractivity contribution < 1.29 is 90.9 Å². The number of carbonyl (C=O) groups excluding carboxylic acids is 9. The number of carbonyl (C=O) groups is 9. The second-order valence-electron chi connectivity index (χ2n) is 25.2. The largest absolute Gasteiger partial charge is 1.51 e. The molecule has 2 rings (SSSR count). The third kappa shape index (κ3) is 54.1. The zero-order valence-corrected chi connectivity index (χ0v) is 60.8. The summed E-state index contributed by atoms with van der Waals surface area (Å²) in [6, 6.07) is 18.8. The molecule has 2 aromatic rings. The van der Waals surface area contributed by atoms with Gasteiger partial charge in [0, 0.05) is 60.4 Å². The van der Waals surface area contributed by atoms with Crippen LogP contribution in [0.15, 0.2) is 60.7 Å². The molecule has 532 valence electrons. The van der Waals surface area contributed by atoms with Gasteiger partial charge in [-0.2, -0.15) is 0 Å². The van der Waals surface area contributed by atoms with Crippen LogP contribution in [0.25, 0.3) is 0 Å². The molecule has 0 aliphatic carbocycles. The van der Waals surface area contributed by atoms with E-state index in [1.54, 1.807) is 145 Å². The number of aliphatic hydroxyl groups is 1. The Morgan fingerprint density at radius 2 is 0.731 bits per heavy atom. The van der Waals surface area contributed by atoms with Gasteiger partial charge in [-0.15, -0.1) is 0 Å². The van der Waals surface area contributed by atoms with Gasteiger partial charge in [0.2, 0.25) is 0 Å². The number of nitrogens with two attached hydrogens (primary N) is 1. The number of likely N-dealkylation sites (N-methyl/N-ethyl adjacent to an activating group) is 4. The molecule has 0 heterocycles. The van der Waals surface area contributed by atoms with Crippen LogP contribution in [0.1, 0.15) is 143 Å². The van der Waals surface area contributed by atoms with E-state index in [0.29, 0.717) is 33.4 Å². The summed E-state index contributed by atoms with van der Waals surface area (Å²) in [6.45, 7) is 32.8. The van der Waals surface area contributed by atoms with Crippen molar-refractivity contribution in [2.45, 2.75) is 179 Å². The molecule has 27 nitrogen and oxygen atoms in total. The van der Waals surface area contributed by atoms with Crippen LogP contribution in [-0.2, 0) is 55.8 Å². The molecule has 0 aliphatic rings. The minimum absolute atomic E-state index is 0. The zero-order valence-electron chi connectivity index (χ0n) is 57.9. The molecule has 0 aromatic heterocycles. The Balaban J connectivity index is -0.000000268. The Labute approximate surface area is 564 Å². The maximum Gasteiger partial charge on any atom is -0.577 e. The molecular formula is C62H107BClN8O19P2-3. The van der Waals surface area contributed by atoms with Crippen LogP contribution >= 0.6 is 31.4 Å². The summed E-state index contributed by atoms with van der Waals surface area (Å²) in [5.74, 6) is 1.74. The van der Waals surface area contributed by atoms with Crippen molar-refractivity contribution in [2.75, 3.05) is 80.5 Å². The van der Waals surface area contributed by atoms with E-state index in [9.17, 15) is 43.2 Å². The maximum atomic E-state index is 12.4. The van der Waals surface area contributed by atoms with Crippen molar-refractivity contribution >= 4 is 92.7 Å². The Morgan fingerprint density at radius 3 is 0.946 bits per heavy atom. The number of amides is 9. The summed E-state index contributed by atoms with van der Waals surface area (Å²) in [4.78, 5) is 114. The fourth-order valence-corrected chi connectivity index (χ4v) is 5.63. The first-order chi connectivity index (χ1) is 41.1. The van der Waals surface area contributed by atoms with Crippen LogP contribution in [0, 0.1) is 11.9 Å². The third-order valence-corrected chi connectivity index (χ3v) is 9.80. The maximum absolute atomic E-state index is 12.4. The average Bonchev–Trinajstić information content (AvgIpc) is 1.29. The number of benzene rings is 2. The predicted octanol–water partition coefficient (Wildman–Crippen LogP) is 12.4. The van der Waals surface area contributed by atoms with Crippen LogP contribution < -0.4 is 11.1 Å². The van der Waals surface area contributed by atoms with Gasteiger partial charge in [0.05, 0.1) is 13.1 Å². The van der Waals surface area contributed by atoms with Crippen LogP contribution in [0.5, 0.6) is 0 Å². The van der Waals surface area contributed by atoms with Crippen molar-refractivity contribution in [3.63, 3.8) is 0 Å². The van der Waals surface area contributed by atoms with Crippen molar-refractivity contribution in [3.8, 4) is 11.9 Å². The molecule has 0 bridgehead atoms. The van der Waals surface area contributed by atoms with Gasteiger partial charge < -0.3 is 83.4 Å². The molecule has 31 heteroatoms. The third-order valence-electron chi connectivity index (χ3n) is 9.51. The molecule has 4 N–H and O–H groups in total. The minimum atomic E-state index is -0.836. The SMILES string of the molecule is C.CN(CCN(C(=O)OC(C)(C)C)C(=O)OC(C)(C)C)C(=O)Cl.CN(CCN(C(=O)OC(C)(C)C)C(=O)OC(C)(C)C)C(=O)OCc1ccccc1.CN(CCN)C(=O)OCc1ccccc1.CNCCN(C(=O)OC(C)(C)C)C(=O)OC(C)(C)C.O=BC#CO.[PH-2].[PH2-]. The molecule has 0 aliphatic heterocycles. The van der Waals surface area contributed by atoms with Gasteiger partial charge in [0.15, 0.2) is 0 Å². The zero-order chi connectivity index (χ0) is 70.4. The summed E-state index contributed by atoms with van der Waals surface area (Å²) in [5.41, 5.74) is 2.78. The molecule has 9 amide bonds. The predicted molar refractivity (Wildman–Crippen MR) is 364 cm³/mol. The summed E-state index contributed by atoms with van der Waals surface area (Å²) in [7, 11) is 6.70. The van der Waals surface area contributed by atoms with Crippen LogP contribution in [0.2, 0.25) is 0 Å². The van der Waals surface area contributed by atoms with E-state index in [4.69, 9.17) is 65.0 Å². The number of ether oxygens (including phenoxy) is 8. The van der Waals surface area contributed by atoms with Gasteiger partial charge in [-0.05, 0) is 154 Å². The number of nitrogens with zero attached hydrogens (tertiary/aromatic N) is 6. The molecule has 0 saturated heterocycles. The van der Waals surface area contributed by atoms with E-state index in [-0.39, 0.29) is 72.6 Å². The van der Waals surface area contributed by atoms with Gasteiger partial charge in [-0.25, -0.2) is 53.1 Å². The van der Waals surface area contributed by atoms with E-state index >= 15 is 0 Å². The number of hydrogen-bond acceptors (Lipinski definition) is 21. The van der Waals surface area contributed by atoms with Crippen molar-refractivity contribution in [1.29, 1.82) is 0 Å². The van der Waals surface area contributed by atoms with Gasteiger partial charge >= 0.3 is 83.0 Å². The van der Waals surface area contributed by atoms with Crippen LogP contribution in [-0.4, -0.2) is 210 Å². The Hall–Kier alpha value is -7.04. The second-order valence-corrected chi connectivity index (χ2v) is 25.5. The Bertz CT molecular complexity index is 2520. The summed E-state index contributed by atoms with van der Waals surface area (Å²) < 4.78 is 50.7. The Morgan fingerprint density at radius 1 is 0.473 bits per heavy atom. The van der Waals surface area contributed by atoms with Crippen molar-refractivity contribution in [3.05, 3.63) is 71.8 Å². The fourth-order valence-electron chi connectivity index (χ4n) is 5.55. The topological polar surface area (TPSA) is 322 Å². The quantitative estimate of drug-likeness (QED) is 0.0372. The molecular weight excluding hydrogens is 1270 g/mol. The van der Waals surface area contributed by atoms with Crippen LogP contribution in [0.3, 0.4) is 0 Å². The number of aliphatic hydroxyl groups excluding tert-OH is 1. The first-order valence-electron chi connectivity index (χ1n) is 28.5. The molecule has 0 radical (unpaired) electrons. The van der Waals surface area contributed by atoms with E-state index in [1.807, 2.05) is 60.7 Å². The number of hydrogen-bond donors (Lipinski definition) is 3. The van der Waals surface area contributed by atoms with Crippen LogP contribution in [0.4, 0.5) is 43.2 Å². The smallest absolute Gasteiger partial charge is 0.577 e. The molecule has 2 aromatic carbocycles. The van der Waals surface area contributed by atoms with Crippen molar-refractivity contribution in [1.82, 2.24) is 34.7 Å². The average molecular weight is 1380 g/mol. The summed E-state index contributed by atoms with van der Waals surface area (Å²) in [5, 5.41) is 9.66. The monoisotopic (exact) mass is 1380 g/mol. The first kappa shape index (κ1) is 97.1. The molecule has 0 atom stereocenters. The van der Waals surface area contributed by atoms with Gasteiger partial charge in [-0.1, -0.05) is 68.1 Å². The number of halogens is 1. The fraction of sp³-hybridized carbons (Fsp3) is 0.629. The molecule has 0 spiro atoms. The van der Waals surface area contributed by atoms with Crippen molar-refractivity contribution in [2.24, 2.45) is 5.73 Å². The van der Waals surface area contributed by atoms with E-state index in [2.05, 4.69) is 5.32 Å². The molecule has 0 unspecified atom stereocenters. The van der Waals surface area contributed by atoms with E-state index < -0.39 is 81.6 Å².